The molecule has 78 valence electrons. The molecule has 14 heavy (non-hydrogen) atoms. The molecule has 0 saturated carbocycles. The molecule has 0 amide bonds. The lowest BCUT2D eigenvalue weighted by molar-refractivity contribution is -0.140. The summed E-state index contributed by atoms with van der Waals surface area (Å²) in [7, 11) is 0. The molecule has 3 nitrogen and oxygen atoms in total. The number of esters is 1. The van der Waals surface area contributed by atoms with Crippen LogP contribution in [0.1, 0.15) is 26.2 Å². The molecule has 1 heterocycles. The summed E-state index contributed by atoms with van der Waals surface area (Å²) < 4.78 is 4.85. The van der Waals surface area contributed by atoms with E-state index in [1.165, 1.54) is 0 Å². The molecule has 0 aromatic carbocycles. The van der Waals surface area contributed by atoms with Crippen molar-refractivity contribution < 1.29 is 14.6 Å². The molecule has 1 atom stereocenters. The minimum absolute atomic E-state index is 0.141. The molecular weight excluding hydrogens is 180 g/mol. The number of ether oxygens (including phenoxy) is 1. The SMILES string of the molecule is CCCC/C=C/C1=CC(CO)OC1=O. The van der Waals surface area contributed by atoms with Gasteiger partial charge in [0.05, 0.1) is 12.2 Å². The molecular formula is C11H16O3. The van der Waals surface area contributed by atoms with Gasteiger partial charge in [0, 0.05) is 0 Å². The monoisotopic (exact) mass is 196 g/mol. The number of hydrogen-bond acceptors (Lipinski definition) is 3. The molecule has 1 aliphatic heterocycles. The van der Waals surface area contributed by atoms with Crippen molar-refractivity contribution in [2.45, 2.75) is 32.3 Å². The van der Waals surface area contributed by atoms with Gasteiger partial charge in [0.1, 0.15) is 6.10 Å². The van der Waals surface area contributed by atoms with Crippen LogP contribution in [-0.2, 0) is 9.53 Å². The van der Waals surface area contributed by atoms with Crippen LogP contribution >= 0.6 is 0 Å². The molecule has 0 spiro atoms. The Morgan fingerprint density at radius 2 is 2.43 bits per heavy atom. The third-order valence-electron chi connectivity index (χ3n) is 2.06. The second kappa shape index (κ2) is 5.60. The van der Waals surface area contributed by atoms with E-state index >= 15 is 0 Å². The zero-order valence-corrected chi connectivity index (χ0v) is 8.40. The molecule has 0 aromatic rings. The highest BCUT2D eigenvalue weighted by Gasteiger charge is 2.22. The molecule has 0 saturated heterocycles. The van der Waals surface area contributed by atoms with Crippen molar-refractivity contribution in [2.24, 2.45) is 0 Å². The standard InChI is InChI=1S/C11H16O3/c1-2-3-4-5-6-9-7-10(8-12)14-11(9)13/h5-7,10,12H,2-4,8H2,1H3/b6-5+. The maximum Gasteiger partial charge on any atom is 0.338 e. The minimum Gasteiger partial charge on any atom is -0.452 e. The van der Waals surface area contributed by atoms with Crippen LogP contribution in [0.3, 0.4) is 0 Å². The van der Waals surface area contributed by atoms with Gasteiger partial charge in [0.25, 0.3) is 0 Å². The van der Waals surface area contributed by atoms with Gasteiger partial charge < -0.3 is 9.84 Å². The van der Waals surface area contributed by atoms with E-state index in [9.17, 15) is 4.79 Å². The van der Waals surface area contributed by atoms with Gasteiger partial charge in [-0.25, -0.2) is 4.79 Å². The second-order valence-corrected chi connectivity index (χ2v) is 3.29. The van der Waals surface area contributed by atoms with Crippen molar-refractivity contribution in [3.8, 4) is 0 Å². The van der Waals surface area contributed by atoms with Gasteiger partial charge in [-0.3, -0.25) is 0 Å². The van der Waals surface area contributed by atoms with Crippen LogP contribution in [0.4, 0.5) is 0 Å². The van der Waals surface area contributed by atoms with Gasteiger partial charge in [0.2, 0.25) is 0 Å². The smallest absolute Gasteiger partial charge is 0.338 e. The Balaban J connectivity index is 2.43. The number of unbranched alkanes of at least 4 members (excludes halogenated alkanes) is 2. The van der Waals surface area contributed by atoms with E-state index in [4.69, 9.17) is 9.84 Å². The fraction of sp³-hybridized carbons (Fsp3) is 0.545. The summed E-state index contributed by atoms with van der Waals surface area (Å²) in [5, 5.41) is 8.77. The Morgan fingerprint density at radius 1 is 1.64 bits per heavy atom. The fourth-order valence-corrected chi connectivity index (χ4v) is 1.25. The molecule has 0 bridgehead atoms. The summed E-state index contributed by atoms with van der Waals surface area (Å²) in [4.78, 5) is 11.2. The Morgan fingerprint density at radius 3 is 3.00 bits per heavy atom. The molecule has 1 unspecified atom stereocenters. The first-order valence-corrected chi connectivity index (χ1v) is 4.98. The lowest BCUT2D eigenvalue weighted by Crippen LogP contribution is -2.11. The minimum atomic E-state index is -0.451. The molecule has 1 N–H and O–H groups in total. The van der Waals surface area contributed by atoms with Crippen molar-refractivity contribution in [3.05, 3.63) is 23.8 Å². The predicted molar refractivity (Wildman–Crippen MR) is 53.7 cm³/mol. The second-order valence-electron chi connectivity index (χ2n) is 3.29. The number of hydrogen-bond donors (Lipinski definition) is 1. The van der Waals surface area contributed by atoms with E-state index in [-0.39, 0.29) is 12.6 Å². The highest BCUT2D eigenvalue weighted by atomic mass is 16.6. The summed E-state index contributed by atoms with van der Waals surface area (Å²) in [5.74, 6) is -0.336. The van der Waals surface area contributed by atoms with E-state index in [2.05, 4.69) is 6.92 Å². The van der Waals surface area contributed by atoms with Gasteiger partial charge in [0.15, 0.2) is 0 Å². The molecule has 0 radical (unpaired) electrons. The highest BCUT2D eigenvalue weighted by Crippen LogP contribution is 2.14. The summed E-state index contributed by atoms with van der Waals surface area (Å²) in [6.45, 7) is 1.98. The number of carbonyl (C=O) groups is 1. The average molecular weight is 196 g/mol. The van der Waals surface area contributed by atoms with E-state index < -0.39 is 6.10 Å². The summed E-state index contributed by atoms with van der Waals surface area (Å²) in [6, 6.07) is 0. The number of cyclic esters (lactones) is 1. The Bertz CT molecular complexity index is 253. The normalized spacial score (nSPS) is 21.4. The van der Waals surface area contributed by atoms with Crippen LogP contribution in [0.25, 0.3) is 0 Å². The van der Waals surface area contributed by atoms with Gasteiger partial charge >= 0.3 is 5.97 Å². The van der Waals surface area contributed by atoms with Gasteiger partial charge in [-0.2, -0.15) is 0 Å². The first-order valence-electron chi connectivity index (χ1n) is 4.98. The third-order valence-corrected chi connectivity index (χ3v) is 2.06. The third kappa shape index (κ3) is 3.00. The zero-order chi connectivity index (χ0) is 10.4. The van der Waals surface area contributed by atoms with Gasteiger partial charge in [-0.1, -0.05) is 31.9 Å². The van der Waals surface area contributed by atoms with Gasteiger partial charge in [-0.05, 0) is 12.5 Å². The largest absolute Gasteiger partial charge is 0.452 e. The lowest BCUT2D eigenvalue weighted by atomic mass is 10.2. The number of rotatable bonds is 5. The first-order chi connectivity index (χ1) is 6.77. The fourth-order valence-electron chi connectivity index (χ4n) is 1.25. The summed E-state index contributed by atoms with van der Waals surface area (Å²) in [6.07, 6.45) is 8.20. The van der Waals surface area contributed by atoms with E-state index in [0.29, 0.717) is 5.57 Å². The van der Waals surface area contributed by atoms with Crippen LogP contribution in [0.2, 0.25) is 0 Å². The molecule has 0 aromatic heterocycles. The Hall–Kier alpha value is -1.09. The number of carbonyl (C=O) groups excluding carboxylic acids is 1. The quantitative estimate of drug-likeness (QED) is 0.536. The molecule has 0 fully saturated rings. The highest BCUT2D eigenvalue weighted by molar-refractivity contribution is 5.93. The summed E-state index contributed by atoms with van der Waals surface area (Å²) in [5.41, 5.74) is 0.556. The van der Waals surface area contributed by atoms with Crippen molar-refractivity contribution in [3.63, 3.8) is 0 Å². The van der Waals surface area contributed by atoms with Crippen LogP contribution in [0, 0.1) is 0 Å². The molecule has 3 heteroatoms. The van der Waals surface area contributed by atoms with Crippen LogP contribution in [-0.4, -0.2) is 23.8 Å². The van der Waals surface area contributed by atoms with Crippen LogP contribution in [0.5, 0.6) is 0 Å². The zero-order valence-electron chi connectivity index (χ0n) is 8.40. The average Bonchev–Trinajstić information content (AvgIpc) is 2.54. The maximum absolute atomic E-state index is 11.2. The van der Waals surface area contributed by atoms with Crippen molar-refractivity contribution in [1.82, 2.24) is 0 Å². The molecule has 0 aliphatic carbocycles. The first kappa shape index (κ1) is 11.0. The van der Waals surface area contributed by atoms with E-state index in [1.807, 2.05) is 6.08 Å². The Labute approximate surface area is 84.1 Å². The number of aliphatic hydroxyl groups excluding tert-OH is 1. The summed E-state index contributed by atoms with van der Waals surface area (Å²) >= 11 is 0. The topological polar surface area (TPSA) is 46.5 Å². The van der Waals surface area contributed by atoms with Crippen molar-refractivity contribution in [1.29, 1.82) is 0 Å². The van der Waals surface area contributed by atoms with E-state index in [1.54, 1.807) is 12.2 Å². The number of allylic oxidation sites excluding steroid dienone is 1. The van der Waals surface area contributed by atoms with Gasteiger partial charge in [-0.15, -0.1) is 0 Å². The maximum atomic E-state index is 11.2. The van der Waals surface area contributed by atoms with Crippen LogP contribution < -0.4 is 0 Å². The van der Waals surface area contributed by atoms with Crippen molar-refractivity contribution in [2.75, 3.05) is 6.61 Å². The molecule has 1 rings (SSSR count). The van der Waals surface area contributed by atoms with Crippen molar-refractivity contribution >= 4 is 5.97 Å². The van der Waals surface area contributed by atoms with Crippen LogP contribution in [0.15, 0.2) is 23.8 Å². The lowest BCUT2D eigenvalue weighted by Gasteiger charge is -2.00. The Kier molecular flexibility index (Phi) is 4.40. The molecule has 1 aliphatic rings. The predicted octanol–water partition coefficient (Wildman–Crippen LogP) is 1.58. The number of aliphatic hydroxyl groups is 1. The van der Waals surface area contributed by atoms with E-state index in [0.717, 1.165) is 19.3 Å².